The molecule has 1 aromatic rings. The van der Waals surface area contributed by atoms with Crippen LogP contribution in [0.15, 0.2) is 18.2 Å². The number of hydrogen-bond acceptors (Lipinski definition) is 2. The summed E-state index contributed by atoms with van der Waals surface area (Å²) in [6.45, 7) is 3.16. The molecule has 0 unspecified atom stereocenters. The predicted octanol–water partition coefficient (Wildman–Crippen LogP) is 1.13. The Morgan fingerprint density at radius 1 is 1.58 bits per heavy atom. The summed E-state index contributed by atoms with van der Waals surface area (Å²) < 4.78 is 0. The summed E-state index contributed by atoms with van der Waals surface area (Å²) in [6.07, 6.45) is 0. The molecule has 12 heavy (non-hydrogen) atoms. The summed E-state index contributed by atoms with van der Waals surface area (Å²) in [5, 5.41) is 12.3. The number of aliphatic hydroxyl groups excluding tert-OH is 1. The van der Waals surface area contributed by atoms with Gasteiger partial charge in [-0.05, 0) is 18.1 Å². The average molecular weight is 163 g/mol. The van der Waals surface area contributed by atoms with Gasteiger partial charge < -0.3 is 10.4 Å². The Labute approximate surface area is 72.2 Å². The van der Waals surface area contributed by atoms with E-state index in [0.29, 0.717) is 0 Å². The lowest BCUT2D eigenvalue weighted by atomic mass is 10.0. The van der Waals surface area contributed by atoms with Gasteiger partial charge in [-0.2, -0.15) is 0 Å². The molecule has 0 saturated carbocycles. The Morgan fingerprint density at radius 2 is 2.42 bits per heavy atom. The Hall–Kier alpha value is -0.860. The SMILES string of the molecule is Cc1ccc2c(c1)[C@@H](CO)NC2. The highest BCUT2D eigenvalue weighted by atomic mass is 16.3. The molecule has 0 saturated heterocycles. The van der Waals surface area contributed by atoms with Crippen molar-refractivity contribution in [2.24, 2.45) is 0 Å². The molecule has 1 aromatic carbocycles. The molecular weight excluding hydrogens is 150 g/mol. The smallest absolute Gasteiger partial charge is 0.0626 e. The summed E-state index contributed by atoms with van der Waals surface area (Å²) >= 11 is 0. The Kier molecular flexibility index (Phi) is 1.87. The molecule has 1 aliphatic rings. The van der Waals surface area contributed by atoms with Gasteiger partial charge in [0.2, 0.25) is 0 Å². The summed E-state index contributed by atoms with van der Waals surface area (Å²) in [4.78, 5) is 0. The minimum Gasteiger partial charge on any atom is -0.394 e. The van der Waals surface area contributed by atoms with E-state index in [-0.39, 0.29) is 12.6 Å². The second-order valence-corrected chi connectivity index (χ2v) is 3.32. The average Bonchev–Trinajstić information content (AvgIpc) is 2.46. The lowest BCUT2D eigenvalue weighted by Crippen LogP contribution is -2.15. The molecule has 0 radical (unpaired) electrons. The third-order valence-electron chi connectivity index (χ3n) is 2.40. The largest absolute Gasteiger partial charge is 0.394 e. The quantitative estimate of drug-likeness (QED) is 0.650. The van der Waals surface area contributed by atoms with Crippen molar-refractivity contribution in [2.75, 3.05) is 6.61 Å². The van der Waals surface area contributed by atoms with Gasteiger partial charge in [-0.3, -0.25) is 0 Å². The number of nitrogens with one attached hydrogen (secondary N) is 1. The van der Waals surface area contributed by atoms with Crippen molar-refractivity contribution in [1.29, 1.82) is 0 Å². The van der Waals surface area contributed by atoms with Gasteiger partial charge in [-0.1, -0.05) is 23.8 Å². The van der Waals surface area contributed by atoms with Gasteiger partial charge in [0.1, 0.15) is 0 Å². The highest BCUT2D eigenvalue weighted by Gasteiger charge is 2.20. The maximum absolute atomic E-state index is 9.04. The molecule has 2 N–H and O–H groups in total. The number of rotatable bonds is 1. The minimum atomic E-state index is 0.153. The maximum atomic E-state index is 9.04. The normalized spacial score (nSPS) is 21.0. The number of aryl methyl sites for hydroxylation is 1. The molecule has 0 amide bonds. The highest BCUT2D eigenvalue weighted by Crippen LogP contribution is 2.25. The van der Waals surface area contributed by atoms with E-state index >= 15 is 0 Å². The molecule has 64 valence electrons. The van der Waals surface area contributed by atoms with Crippen molar-refractivity contribution < 1.29 is 5.11 Å². The van der Waals surface area contributed by atoms with Crippen LogP contribution in [-0.4, -0.2) is 11.7 Å². The van der Waals surface area contributed by atoms with E-state index in [1.807, 2.05) is 0 Å². The topological polar surface area (TPSA) is 32.3 Å². The molecule has 1 aliphatic heterocycles. The fraction of sp³-hybridized carbons (Fsp3) is 0.400. The molecule has 0 aliphatic carbocycles. The molecule has 0 fully saturated rings. The Bertz CT molecular complexity index is 296. The molecule has 1 atom stereocenters. The van der Waals surface area contributed by atoms with Crippen molar-refractivity contribution in [3.63, 3.8) is 0 Å². The van der Waals surface area contributed by atoms with E-state index in [1.165, 1.54) is 16.7 Å². The van der Waals surface area contributed by atoms with Crippen LogP contribution >= 0.6 is 0 Å². The highest BCUT2D eigenvalue weighted by molar-refractivity contribution is 5.37. The molecular formula is C10H13NO. The van der Waals surface area contributed by atoms with E-state index in [0.717, 1.165) is 6.54 Å². The van der Waals surface area contributed by atoms with Crippen molar-refractivity contribution in [1.82, 2.24) is 5.32 Å². The van der Waals surface area contributed by atoms with Crippen LogP contribution in [0.2, 0.25) is 0 Å². The summed E-state index contributed by atoms with van der Waals surface area (Å²) in [5.74, 6) is 0. The molecule has 2 rings (SSSR count). The fourth-order valence-electron chi connectivity index (χ4n) is 1.71. The molecule has 0 aromatic heterocycles. The third-order valence-corrected chi connectivity index (χ3v) is 2.40. The summed E-state index contributed by atoms with van der Waals surface area (Å²) in [5.41, 5.74) is 3.84. The van der Waals surface area contributed by atoms with Crippen LogP contribution in [0, 0.1) is 6.92 Å². The first kappa shape index (κ1) is 7.77. The number of hydrogen-bond donors (Lipinski definition) is 2. The number of benzene rings is 1. The van der Waals surface area contributed by atoms with Crippen molar-refractivity contribution in [2.45, 2.75) is 19.5 Å². The van der Waals surface area contributed by atoms with E-state index in [4.69, 9.17) is 5.11 Å². The molecule has 0 spiro atoms. The first-order valence-electron chi connectivity index (χ1n) is 4.25. The predicted molar refractivity (Wildman–Crippen MR) is 47.8 cm³/mol. The van der Waals surface area contributed by atoms with Crippen molar-refractivity contribution in [3.05, 3.63) is 34.9 Å². The number of fused-ring (bicyclic) bond motifs is 1. The summed E-state index contributed by atoms with van der Waals surface area (Å²) in [6, 6.07) is 6.55. The molecule has 1 heterocycles. The van der Waals surface area contributed by atoms with Crippen LogP contribution in [0.5, 0.6) is 0 Å². The maximum Gasteiger partial charge on any atom is 0.0626 e. The fourth-order valence-corrected chi connectivity index (χ4v) is 1.71. The monoisotopic (exact) mass is 163 g/mol. The van der Waals surface area contributed by atoms with Crippen LogP contribution in [0.25, 0.3) is 0 Å². The van der Waals surface area contributed by atoms with Gasteiger partial charge in [0.15, 0.2) is 0 Å². The Balaban J connectivity index is 2.42. The van der Waals surface area contributed by atoms with E-state index in [1.54, 1.807) is 0 Å². The lowest BCUT2D eigenvalue weighted by molar-refractivity contribution is 0.251. The zero-order valence-electron chi connectivity index (χ0n) is 7.17. The van der Waals surface area contributed by atoms with E-state index < -0.39 is 0 Å². The zero-order valence-corrected chi connectivity index (χ0v) is 7.17. The van der Waals surface area contributed by atoms with Gasteiger partial charge in [-0.25, -0.2) is 0 Å². The van der Waals surface area contributed by atoms with Crippen molar-refractivity contribution >= 4 is 0 Å². The van der Waals surface area contributed by atoms with Crippen LogP contribution in [0.3, 0.4) is 0 Å². The third kappa shape index (κ3) is 1.13. The molecule has 2 heteroatoms. The first-order chi connectivity index (χ1) is 5.81. The van der Waals surface area contributed by atoms with Gasteiger partial charge in [-0.15, -0.1) is 0 Å². The van der Waals surface area contributed by atoms with E-state index in [9.17, 15) is 0 Å². The minimum absolute atomic E-state index is 0.153. The molecule has 0 bridgehead atoms. The lowest BCUT2D eigenvalue weighted by Gasteiger charge is -2.07. The number of aliphatic hydroxyl groups is 1. The van der Waals surface area contributed by atoms with Crippen molar-refractivity contribution in [3.8, 4) is 0 Å². The second kappa shape index (κ2) is 2.88. The van der Waals surface area contributed by atoms with Crippen LogP contribution < -0.4 is 5.32 Å². The van der Waals surface area contributed by atoms with Gasteiger partial charge >= 0.3 is 0 Å². The van der Waals surface area contributed by atoms with E-state index in [2.05, 4.69) is 30.4 Å². The van der Waals surface area contributed by atoms with Crippen LogP contribution in [0.4, 0.5) is 0 Å². The van der Waals surface area contributed by atoms with Crippen LogP contribution in [-0.2, 0) is 6.54 Å². The second-order valence-electron chi connectivity index (χ2n) is 3.32. The van der Waals surface area contributed by atoms with Gasteiger partial charge in [0.05, 0.1) is 12.6 Å². The van der Waals surface area contributed by atoms with Gasteiger partial charge in [0.25, 0.3) is 0 Å². The standard InChI is InChI=1S/C10H13NO/c1-7-2-3-8-5-11-10(6-12)9(8)4-7/h2-4,10-12H,5-6H2,1H3/t10-/m1/s1. The van der Waals surface area contributed by atoms with Crippen LogP contribution in [0.1, 0.15) is 22.7 Å². The van der Waals surface area contributed by atoms with Gasteiger partial charge in [0, 0.05) is 6.54 Å². The molecule has 2 nitrogen and oxygen atoms in total. The first-order valence-corrected chi connectivity index (χ1v) is 4.25. The Morgan fingerprint density at radius 3 is 3.17 bits per heavy atom. The zero-order chi connectivity index (χ0) is 8.55. The summed E-state index contributed by atoms with van der Waals surface area (Å²) in [7, 11) is 0.